The van der Waals surface area contributed by atoms with Crippen LogP contribution < -0.4 is 9.47 Å². The van der Waals surface area contributed by atoms with Crippen molar-refractivity contribution in [1.82, 2.24) is 0 Å². The van der Waals surface area contributed by atoms with Gasteiger partial charge in [-0.15, -0.1) is 11.3 Å². The molecule has 2 aromatic rings. The van der Waals surface area contributed by atoms with Crippen molar-refractivity contribution in [3.8, 4) is 11.5 Å². The van der Waals surface area contributed by atoms with Gasteiger partial charge in [0.1, 0.15) is 6.61 Å². The van der Waals surface area contributed by atoms with Gasteiger partial charge in [-0.1, -0.05) is 0 Å². The maximum absolute atomic E-state index is 10.7. The third kappa shape index (κ3) is 3.45. The van der Waals surface area contributed by atoms with Gasteiger partial charge in [0, 0.05) is 20.8 Å². The molecule has 0 saturated heterocycles. The Balaban J connectivity index is 2.13. The Labute approximate surface area is 122 Å². The molecule has 0 fully saturated rings. The van der Waals surface area contributed by atoms with Crippen molar-refractivity contribution >= 4 is 33.0 Å². The average Bonchev–Trinajstić information content (AvgIpc) is 2.81. The number of non-ortho nitro benzene ring substituents is 1. The summed E-state index contributed by atoms with van der Waals surface area (Å²) in [6.07, 6.45) is 0. The minimum absolute atomic E-state index is 0.0249. The van der Waals surface area contributed by atoms with Crippen LogP contribution in [-0.4, -0.2) is 12.0 Å². The average molecular weight is 344 g/mol. The van der Waals surface area contributed by atoms with Crippen molar-refractivity contribution < 1.29 is 14.4 Å². The van der Waals surface area contributed by atoms with E-state index in [2.05, 4.69) is 15.9 Å². The molecule has 0 amide bonds. The topological polar surface area (TPSA) is 61.6 Å². The SMILES string of the molecule is COc1cc([N+](=O)[O-])ccc1OCc1cc(Br)cs1. The number of nitro benzene ring substituents is 1. The molecule has 7 heteroatoms. The molecule has 100 valence electrons. The van der Waals surface area contributed by atoms with Crippen molar-refractivity contribution in [2.45, 2.75) is 6.61 Å². The van der Waals surface area contributed by atoms with Crippen LogP contribution >= 0.6 is 27.3 Å². The number of methoxy groups -OCH3 is 1. The lowest BCUT2D eigenvalue weighted by Gasteiger charge is -2.09. The normalized spacial score (nSPS) is 10.2. The van der Waals surface area contributed by atoms with Crippen LogP contribution in [0, 0.1) is 10.1 Å². The Bertz CT molecular complexity index is 599. The van der Waals surface area contributed by atoms with Gasteiger partial charge in [0.2, 0.25) is 0 Å². The van der Waals surface area contributed by atoms with Crippen molar-refractivity contribution in [2.24, 2.45) is 0 Å². The molecule has 1 aromatic carbocycles. The highest BCUT2D eigenvalue weighted by Crippen LogP contribution is 2.32. The summed E-state index contributed by atoms with van der Waals surface area (Å²) in [5, 5.41) is 12.6. The van der Waals surface area contributed by atoms with Crippen LogP contribution in [-0.2, 0) is 6.61 Å². The molecule has 0 atom stereocenters. The minimum Gasteiger partial charge on any atom is -0.493 e. The Morgan fingerprint density at radius 1 is 1.37 bits per heavy atom. The minimum atomic E-state index is -0.470. The van der Waals surface area contributed by atoms with Gasteiger partial charge in [-0.05, 0) is 28.1 Å². The fraction of sp³-hybridized carbons (Fsp3) is 0.167. The second-order valence-electron chi connectivity index (χ2n) is 3.61. The maximum atomic E-state index is 10.7. The molecule has 19 heavy (non-hydrogen) atoms. The Morgan fingerprint density at radius 3 is 2.74 bits per heavy atom. The van der Waals surface area contributed by atoms with Gasteiger partial charge >= 0.3 is 0 Å². The molecule has 0 radical (unpaired) electrons. The molecule has 0 bridgehead atoms. The summed E-state index contributed by atoms with van der Waals surface area (Å²) in [5.41, 5.74) is -0.0249. The lowest BCUT2D eigenvalue weighted by molar-refractivity contribution is -0.385. The fourth-order valence-electron chi connectivity index (χ4n) is 1.47. The van der Waals surface area contributed by atoms with E-state index in [1.165, 1.54) is 19.2 Å². The van der Waals surface area contributed by atoms with Crippen molar-refractivity contribution in [2.75, 3.05) is 7.11 Å². The molecule has 0 aliphatic heterocycles. The number of rotatable bonds is 5. The molecule has 2 rings (SSSR count). The Kier molecular flexibility index (Phi) is 4.39. The number of hydrogen-bond donors (Lipinski definition) is 0. The number of nitrogens with zero attached hydrogens (tertiary/aromatic N) is 1. The molecule has 0 spiro atoms. The highest BCUT2D eigenvalue weighted by atomic mass is 79.9. The predicted molar refractivity (Wildman–Crippen MR) is 76.0 cm³/mol. The number of thiophene rings is 1. The number of halogens is 1. The van der Waals surface area contributed by atoms with Gasteiger partial charge in [0.25, 0.3) is 5.69 Å². The van der Waals surface area contributed by atoms with Crippen LogP contribution in [0.4, 0.5) is 5.69 Å². The van der Waals surface area contributed by atoms with E-state index < -0.39 is 4.92 Å². The summed E-state index contributed by atoms with van der Waals surface area (Å²) in [7, 11) is 1.45. The van der Waals surface area contributed by atoms with Crippen LogP contribution in [0.2, 0.25) is 0 Å². The summed E-state index contributed by atoms with van der Waals surface area (Å²) in [6, 6.07) is 6.24. The molecular weight excluding hydrogens is 334 g/mol. The number of nitro groups is 1. The van der Waals surface area contributed by atoms with E-state index in [0.717, 1.165) is 9.35 Å². The number of hydrogen-bond acceptors (Lipinski definition) is 5. The van der Waals surface area contributed by atoms with Crippen molar-refractivity contribution in [3.63, 3.8) is 0 Å². The van der Waals surface area contributed by atoms with Gasteiger partial charge in [0.15, 0.2) is 11.5 Å². The molecular formula is C12H10BrNO4S. The molecule has 1 heterocycles. The molecule has 0 unspecified atom stereocenters. The highest BCUT2D eigenvalue weighted by Gasteiger charge is 2.12. The maximum Gasteiger partial charge on any atom is 0.273 e. The monoisotopic (exact) mass is 343 g/mol. The van der Waals surface area contributed by atoms with E-state index in [0.29, 0.717) is 18.1 Å². The van der Waals surface area contributed by atoms with E-state index >= 15 is 0 Å². The fourth-order valence-corrected chi connectivity index (χ4v) is 2.83. The largest absolute Gasteiger partial charge is 0.493 e. The lowest BCUT2D eigenvalue weighted by Crippen LogP contribution is -1.97. The zero-order valence-electron chi connectivity index (χ0n) is 9.96. The second kappa shape index (κ2) is 6.03. The van der Waals surface area contributed by atoms with Gasteiger partial charge in [0.05, 0.1) is 18.1 Å². The first kappa shape index (κ1) is 13.8. The summed E-state index contributed by atoms with van der Waals surface area (Å²) in [4.78, 5) is 11.2. The van der Waals surface area contributed by atoms with E-state index in [1.807, 2.05) is 11.4 Å². The smallest absolute Gasteiger partial charge is 0.273 e. The molecule has 0 aliphatic carbocycles. The number of benzene rings is 1. The third-order valence-corrected chi connectivity index (χ3v) is 4.02. The molecule has 0 N–H and O–H groups in total. The molecule has 0 saturated carbocycles. The zero-order valence-corrected chi connectivity index (χ0v) is 12.4. The zero-order chi connectivity index (χ0) is 13.8. The predicted octanol–water partition coefficient (Wildman–Crippen LogP) is 4.01. The van der Waals surface area contributed by atoms with E-state index in [1.54, 1.807) is 17.4 Å². The van der Waals surface area contributed by atoms with Gasteiger partial charge in [-0.25, -0.2) is 0 Å². The standard InChI is InChI=1S/C12H10BrNO4S/c1-17-12-5-9(14(15)16)2-3-11(12)18-6-10-4-8(13)7-19-10/h2-5,7H,6H2,1H3. The first-order valence-corrected chi connectivity index (χ1v) is 6.95. The van der Waals surface area contributed by atoms with Crippen LogP contribution in [0.5, 0.6) is 11.5 Å². The van der Waals surface area contributed by atoms with Crippen molar-refractivity contribution in [1.29, 1.82) is 0 Å². The van der Waals surface area contributed by atoms with Gasteiger partial charge in [-0.2, -0.15) is 0 Å². The molecule has 5 nitrogen and oxygen atoms in total. The Hall–Kier alpha value is -1.60. The summed E-state index contributed by atoms with van der Waals surface area (Å²) >= 11 is 4.94. The lowest BCUT2D eigenvalue weighted by atomic mass is 10.3. The molecule has 0 aliphatic rings. The second-order valence-corrected chi connectivity index (χ2v) is 5.52. The summed E-state index contributed by atoms with van der Waals surface area (Å²) in [6.45, 7) is 0.393. The van der Waals surface area contributed by atoms with Gasteiger partial charge < -0.3 is 9.47 Å². The third-order valence-electron chi connectivity index (χ3n) is 2.35. The van der Waals surface area contributed by atoms with Gasteiger partial charge in [-0.3, -0.25) is 10.1 Å². The van der Waals surface area contributed by atoms with Crippen LogP contribution in [0.15, 0.2) is 34.1 Å². The van der Waals surface area contributed by atoms with Crippen molar-refractivity contribution in [3.05, 3.63) is 49.1 Å². The van der Waals surface area contributed by atoms with Crippen LogP contribution in [0.3, 0.4) is 0 Å². The first-order chi connectivity index (χ1) is 9.10. The molecule has 1 aromatic heterocycles. The van der Waals surface area contributed by atoms with E-state index in [-0.39, 0.29) is 5.69 Å². The summed E-state index contributed by atoms with van der Waals surface area (Å²) in [5.74, 6) is 0.836. The highest BCUT2D eigenvalue weighted by molar-refractivity contribution is 9.10. The number of ether oxygens (including phenoxy) is 2. The van der Waals surface area contributed by atoms with E-state index in [4.69, 9.17) is 9.47 Å². The first-order valence-electron chi connectivity index (χ1n) is 5.28. The summed E-state index contributed by atoms with van der Waals surface area (Å²) < 4.78 is 11.7. The quantitative estimate of drug-likeness (QED) is 0.607. The van der Waals surface area contributed by atoms with E-state index in [9.17, 15) is 10.1 Å². The van der Waals surface area contributed by atoms with Crippen LogP contribution in [0.25, 0.3) is 0 Å². The van der Waals surface area contributed by atoms with Crippen LogP contribution in [0.1, 0.15) is 4.88 Å². The Morgan fingerprint density at radius 2 is 2.16 bits per heavy atom.